The molecular formula is C11H19NO. The molecule has 0 spiro atoms. The number of hydrogen-bond acceptors (Lipinski definition) is 2. The van der Waals surface area contributed by atoms with Gasteiger partial charge in [-0.3, -0.25) is 5.32 Å². The standard InChI is InChI=1S/C11H19NO/c1-3-9(2)12-10-7-5-4-6-8-11(10)13/h1,9-13H,4-8H2,2H3. The Morgan fingerprint density at radius 3 is 2.77 bits per heavy atom. The van der Waals surface area contributed by atoms with Crippen LogP contribution in [0.5, 0.6) is 0 Å². The van der Waals surface area contributed by atoms with E-state index in [1.54, 1.807) is 0 Å². The molecule has 1 rings (SSSR count). The molecule has 0 amide bonds. The van der Waals surface area contributed by atoms with Crippen molar-refractivity contribution in [3.63, 3.8) is 0 Å². The van der Waals surface area contributed by atoms with Crippen LogP contribution in [0.2, 0.25) is 0 Å². The fourth-order valence-electron chi connectivity index (χ4n) is 1.85. The van der Waals surface area contributed by atoms with Crippen LogP contribution in [-0.4, -0.2) is 23.3 Å². The Morgan fingerprint density at radius 2 is 2.08 bits per heavy atom. The minimum atomic E-state index is -0.210. The maximum absolute atomic E-state index is 9.76. The van der Waals surface area contributed by atoms with Crippen LogP contribution in [0.1, 0.15) is 39.0 Å². The Balaban J connectivity index is 2.41. The summed E-state index contributed by atoms with van der Waals surface area (Å²) in [6.45, 7) is 1.96. The average molecular weight is 181 g/mol. The van der Waals surface area contributed by atoms with E-state index in [1.807, 2.05) is 6.92 Å². The van der Waals surface area contributed by atoms with Gasteiger partial charge in [-0.05, 0) is 19.8 Å². The topological polar surface area (TPSA) is 32.3 Å². The molecule has 0 bridgehead atoms. The zero-order valence-corrected chi connectivity index (χ0v) is 8.29. The van der Waals surface area contributed by atoms with E-state index in [0.29, 0.717) is 0 Å². The minimum absolute atomic E-state index is 0.0674. The summed E-state index contributed by atoms with van der Waals surface area (Å²) in [5, 5.41) is 13.0. The second-order valence-electron chi connectivity index (χ2n) is 3.87. The van der Waals surface area contributed by atoms with Crippen LogP contribution in [0, 0.1) is 12.3 Å². The van der Waals surface area contributed by atoms with Crippen LogP contribution >= 0.6 is 0 Å². The van der Waals surface area contributed by atoms with Crippen molar-refractivity contribution in [1.82, 2.24) is 5.32 Å². The summed E-state index contributed by atoms with van der Waals surface area (Å²) in [6, 6.07) is 0.270. The Hall–Kier alpha value is -0.520. The molecule has 1 aliphatic carbocycles. The lowest BCUT2D eigenvalue weighted by Gasteiger charge is -2.23. The monoisotopic (exact) mass is 181 g/mol. The SMILES string of the molecule is C#CC(C)NC1CCCCCC1O. The fourth-order valence-corrected chi connectivity index (χ4v) is 1.85. The summed E-state index contributed by atoms with van der Waals surface area (Å²) >= 11 is 0. The summed E-state index contributed by atoms with van der Waals surface area (Å²) in [5.41, 5.74) is 0. The van der Waals surface area contributed by atoms with Crippen molar-refractivity contribution in [2.75, 3.05) is 0 Å². The quantitative estimate of drug-likeness (QED) is 0.497. The molecule has 0 radical (unpaired) electrons. The van der Waals surface area contributed by atoms with Crippen molar-refractivity contribution in [1.29, 1.82) is 0 Å². The fraction of sp³-hybridized carbons (Fsp3) is 0.818. The molecule has 13 heavy (non-hydrogen) atoms. The predicted molar refractivity (Wildman–Crippen MR) is 54.3 cm³/mol. The third-order valence-electron chi connectivity index (χ3n) is 2.69. The predicted octanol–water partition coefficient (Wildman–Crippen LogP) is 1.29. The van der Waals surface area contributed by atoms with E-state index in [-0.39, 0.29) is 18.2 Å². The van der Waals surface area contributed by atoms with E-state index in [2.05, 4.69) is 11.2 Å². The van der Waals surface area contributed by atoms with Crippen LogP contribution in [0.4, 0.5) is 0 Å². The molecule has 1 fully saturated rings. The van der Waals surface area contributed by atoms with Gasteiger partial charge in [0.25, 0.3) is 0 Å². The van der Waals surface area contributed by atoms with E-state index in [0.717, 1.165) is 19.3 Å². The van der Waals surface area contributed by atoms with Crippen LogP contribution in [0.15, 0.2) is 0 Å². The number of aliphatic hydroxyl groups is 1. The lowest BCUT2D eigenvalue weighted by atomic mass is 10.1. The van der Waals surface area contributed by atoms with E-state index in [1.165, 1.54) is 12.8 Å². The minimum Gasteiger partial charge on any atom is -0.392 e. The van der Waals surface area contributed by atoms with Crippen molar-refractivity contribution in [2.45, 2.75) is 57.2 Å². The molecule has 3 atom stereocenters. The number of terminal acetylenes is 1. The maximum Gasteiger partial charge on any atom is 0.0693 e. The molecule has 0 heterocycles. The summed E-state index contributed by atoms with van der Waals surface area (Å²) in [4.78, 5) is 0. The van der Waals surface area contributed by atoms with Crippen LogP contribution in [-0.2, 0) is 0 Å². The van der Waals surface area contributed by atoms with Gasteiger partial charge in [0.2, 0.25) is 0 Å². The highest BCUT2D eigenvalue weighted by molar-refractivity contribution is 4.98. The van der Waals surface area contributed by atoms with E-state index in [9.17, 15) is 5.11 Å². The number of rotatable bonds is 2. The summed E-state index contributed by atoms with van der Waals surface area (Å²) < 4.78 is 0. The van der Waals surface area contributed by atoms with E-state index >= 15 is 0 Å². The van der Waals surface area contributed by atoms with E-state index < -0.39 is 0 Å². The normalized spacial score (nSPS) is 31.8. The molecule has 0 aromatic carbocycles. The van der Waals surface area contributed by atoms with E-state index in [4.69, 9.17) is 6.42 Å². The zero-order chi connectivity index (χ0) is 9.68. The van der Waals surface area contributed by atoms with Crippen molar-refractivity contribution in [3.8, 4) is 12.3 Å². The van der Waals surface area contributed by atoms with Crippen LogP contribution in [0.3, 0.4) is 0 Å². The Morgan fingerprint density at radius 1 is 1.38 bits per heavy atom. The largest absolute Gasteiger partial charge is 0.392 e. The van der Waals surface area contributed by atoms with Crippen LogP contribution in [0.25, 0.3) is 0 Å². The van der Waals surface area contributed by atoms with Gasteiger partial charge in [0.15, 0.2) is 0 Å². The Labute approximate surface area is 80.7 Å². The number of aliphatic hydroxyl groups excluding tert-OH is 1. The highest BCUT2D eigenvalue weighted by Crippen LogP contribution is 2.18. The zero-order valence-electron chi connectivity index (χ0n) is 8.29. The van der Waals surface area contributed by atoms with Gasteiger partial charge in [0.1, 0.15) is 0 Å². The molecule has 0 aliphatic heterocycles. The van der Waals surface area contributed by atoms with Gasteiger partial charge in [-0.25, -0.2) is 0 Å². The molecule has 1 saturated carbocycles. The molecule has 2 heteroatoms. The molecule has 74 valence electrons. The van der Waals surface area contributed by atoms with Gasteiger partial charge in [-0.15, -0.1) is 6.42 Å². The van der Waals surface area contributed by atoms with Gasteiger partial charge >= 0.3 is 0 Å². The third-order valence-corrected chi connectivity index (χ3v) is 2.69. The lowest BCUT2D eigenvalue weighted by Crippen LogP contribution is -2.43. The lowest BCUT2D eigenvalue weighted by molar-refractivity contribution is 0.118. The van der Waals surface area contributed by atoms with Gasteiger partial charge in [-0.2, -0.15) is 0 Å². The molecule has 0 aromatic heterocycles. The molecule has 2 nitrogen and oxygen atoms in total. The highest BCUT2D eigenvalue weighted by Gasteiger charge is 2.21. The maximum atomic E-state index is 9.76. The van der Waals surface area contributed by atoms with Gasteiger partial charge in [-0.1, -0.05) is 25.2 Å². The van der Waals surface area contributed by atoms with Crippen molar-refractivity contribution >= 4 is 0 Å². The first-order chi connectivity index (χ1) is 6.24. The highest BCUT2D eigenvalue weighted by atomic mass is 16.3. The van der Waals surface area contributed by atoms with Crippen molar-refractivity contribution < 1.29 is 5.11 Å². The van der Waals surface area contributed by atoms with Gasteiger partial charge in [0, 0.05) is 6.04 Å². The molecule has 3 unspecified atom stereocenters. The Kier molecular flexibility index (Phi) is 4.27. The van der Waals surface area contributed by atoms with Crippen LogP contribution < -0.4 is 5.32 Å². The average Bonchev–Trinajstić information content (AvgIpc) is 2.32. The molecule has 2 N–H and O–H groups in total. The Bertz CT molecular complexity index is 185. The number of nitrogens with one attached hydrogen (secondary N) is 1. The van der Waals surface area contributed by atoms with Crippen molar-refractivity contribution in [2.24, 2.45) is 0 Å². The second kappa shape index (κ2) is 5.26. The summed E-state index contributed by atoms with van der Waals surface area (Å²) in [5.74, 6) is 2.63. The second-order valence-corrected chi connectivity index (χ2v) is 3.87. The molecule has 1 aliphatic rings. The summed E-state index contributed by atoms with van der Waals surface area (Å²) in [7, 11) is 0. The molecule has 0 aromatic rings. The first-order valence-corrected chi connectivity index (χ1v) is 5.14. The first-order valence-electron chi connectivity index (χ1n) is 5.14. The van der Waals surface area contributed by atoms with Crippen molar-refractivity contribution in [3.05, 3.63) is 0 Å². The summed E-state index contributed by atoms with van der Waals surface area (Å²) in [6.07, 6.45) is 10.6. The van der Waals surface area contributed by atoms with Gasteiger partial charge < -0.3 is 5.11 Å². The molecule has 0 saturated heterocycles. The third kappa shape index (κ3) is 3.38. The molecular weight excluding hydrogens is 162 g/mol. The number of hydrogen-bond donors (Lipinski definition) is 2. The smallest absolute Gasteiger partial charge is 0.0693 e. The van der Waals surface area contributed by atoms with Gasteiger partial charge in [0.05, 0.1) is 12.1 Å². The first kappa shape index (κ1) is 10.6.